The molecule has 2 aromatic carbocycles. The van der Waals surface area contributed by atoms with E-state index in [0.29, 0.717) is 16.3 Å². The Labute approximate surface area is 117 Å². The zero-order chi connectivity index (χ0) is 13.8. The minimum absolute atomic E-state index is 0.0113. The van der Waals surface area contributed by atoms with Crippen molar-refractivity contribution in [3.8, 4) is 5.75 Å². The summed E-state index contributed by atoms with van der Waals surface area (Å²) in [5, 5.41) is 0.377. The van der Waals surface area contributed by atoms with Crippen molar-refractivity contribution in [1.82, 2.24) is 0 Å². The Morgan fingerprint density at radius 3 is 2.47 bits per heavy atom. The van der Waals surface area contributed by atoms with Crippen LogP contribution in [-0.2, 0) is 6.61 Å². The average molecular weight is 280 g/mol. The fourth-order valence-electron chi connectivity index (χ4n) is 1.67. The lowest BCUT2D eigenvalue weighted by Gasteiger charge is -2.09. The van der Waals surface area contributed by atoms with Crippen LogP contribution in [0.4, 0.5) is 4.39 Å². The molecule has 0 aliphatic carbocycles. The predicted molar refractivity (Wildman–Crippen MR) is 74.8 cm³/mol. The summed E-state index contributed by atoms with van der Waals surface area (Å²) in [6.45, 7) is 2.08. The van der Waals surface area contributed by atoms with Gasteiger partial charge in [-0.3, -0.25) is 0 Å². The molecule has 0 bridgehead atoms. The first-order valence-corrected chi connectivity index (χ1v) is 6.36. The number of nitrogens with two attached hydrogens (primary N) is 1. The van der Waals surface area contributed by atoms with Gasteiger partial charge in [0.1, 0.15) is 18.2 Å². The molecule has 2 nitrogen and oxygen atoms in total. The summed E-state index contributed by atoms with van der Waals surface area (Å²) < 4.78 is 19.1. The van der Waals surface area contributed by atoms with Gasteiger partial charge in [-0.25, -0.2) is 4.39 Å². The monoisotopic (exact) mass is 279 g/mol. The van der Waals surface area contributed by atoms with Crippen LogP contribution in [-0.4, -0.2) is 0 Å². The van der Waals surface area contributed by atoms with Gasteiger partial charge in [0.25, 0.3) is 0 Å². The molecule has 0 aliphatic heterocycles. The molecule has 0 heterocycles. The van der Waals surface area contributed by atoms with E-state index in [4.69, 9.17) is 22.1 Å². The average Bonchev–Trinajstić information content (AvgIpc) is 2.38. The molecule has 1 atom stereocenters. The van der Waals surface area contributed by atoms with Gasteiger partial charge >= 0.3 is 0 Å². The number of hydrogen-bond acceptors (Lipinski definition) is 2. The standard InChI is InChI=1S/C15H15ClFNO/c1-10(18)11-3-6-14(7-4-11)19-9-12-2-5-13(16)8-15(12)17/h2-8,10H,9,18H2,1H3/t10-/m0/s1. The number of benzene rings is 2. The molecular weight excluding hydrogens is 265 g/mol. The Bertz CT molecular complexity index is 555. The van der Waals surface area contributed by atoms with E-state index in [9.17, 15) is 4.39 Å². The molecule has 0 aliphatic rings. The first kappa shape index (κ1) is 13.8. The summed E-state index contributed by atoms with van der Waals surface area (Å²) in [7, 11) is 0. The van der Waals surface area contributed by atoms with Gasteiger partial charge in [-0.15, -0.1) is 0 Å². The summed E-state index contributed by atoms with van der Waals surface area (Å²) in [4.78, 5) is 0. The van der Waals surface area contributed by atoms with Crippen LogP contribution in [0, 0.1) is 5.82 Å². The maximum Gasteiger partial charge on any atom is 0.131 e. The van der Waals surface area contributed by atoms with Gasteiger partial charge in [-0.2, -0.15) is 0 Å². The van der Waals surface area contributed by atoms with Crippen molar-refractivity contribution >= 4 is 11.6 Å². The molecule has 2 N–H and O–H groups in total. The van der Waals surface area contributed by atoms with Gasteiger partial charge < -0.3 is 10.5 Å². The molecule has 0 spiro atoms. The van der Waals surface area contributed by atoms with E-state index in [1.54, 1.807) is 12.1 Å². The summed E-state index contributed by atoms with van der Waals surface area (Å²) >= 11 is 5.69. The summed E-state index contributed by atoms with van der Waals surface area (Å²) in [5.74, 6) is 0.318. The SMILES string of the molecule is C[C@H](N)c1ccc(OCc2ccc(Cl)cc2F)cc1. The molecule has 0 unspecified atom stereocenters. The Balaban J connectivity index is 2.02. The molecule has 2 aromatic rings. The highest BCUT2D eigenvalue weighted by Gasteiger charge is 2.04. The molecule has 4 heteroatoms. The maximum absolute atomic E-state index is 13.5. The quantitative estimate of drug-likeness (QED) is 0.915. The third kappa shape index (κ3) is 3.69. The van der Waals surface area contributed by atoms with Gasteiger partial charge in [-0.05, 0) is 36.8 Å². The van der Waals surface area contributed by atoms with Gasteiger partial charge in [0.15, 0.2) is 0 Å². The van der Waals surface area contributed by atoms with E-state index in [1.165, 1.54) is 6.07 Å². The predicted octanol–water partition coefficient (Wildman–Crippen LogP) is 4.08. The van der Waals surface area contributed by atoms with Gasteiger partial charge in [0, 0.05) is 16.6 Å². The smallest absolute Gasteiger partial charge is 0.131 e. The van der Waals surface area contributed by atoms with Crippen molar-refractivity contribution < 1.29 is 9.13 Å². The zero-order valence-corrected chi connectivity index (χ0v) is 11.3. The first-order chi connectivity index (χ1) is 9.06. The molecule has 0 saturated carbocycles. The van der Waals surface area contributed by atoms with Gasteiger partial charge in [-0.1, -0.05) is 29.8 Å². The van der Waals surface area contributed by atoms with Crippen LogP contribution in [0.1, 0.15) is 24.1 Å². The molecule has 19 heavy (non-hydrogen) atoms. The third-order valence-electron chi connectivity index (χ3n) is 2.82. The van der Waals surface area contributed by atoms with Crippen molar-refractivity contribution in [2.75, 3.05) is 0 Å². The molecule has 0 aromatic heterocycles. The summed E-state index contributed by atoms with van der Waals surface area (Å²) in [6.07, 6.45) is 0. The lowest BCUT2D eigenvalue weighted by atomic mass is 10.1. The van der Waals surface area contributed by atoms with Crippen LogP contribution in [0.25, 0.3) is 0 Å². The molecule has 0 radical (unpaired) electrons. The van der Waals surface area contributed by atoms with Crippen molar-refractivity contribution in [2.24, 2.45) is 5.73 Å². The van der Waals surface area contributed by atoms with Crippen molar-refractivity contribution in [1.29, 1.82) is 0 Å². The summed E-state index contributed by atoms with van der Waals surface area (Å²) in [6, 6.07) is 12.0. The van der Waals surface area contributed by atoms with Crippen molar-refractivity contribution in [2.45, 2.75) is 19.6 Å². The van der Waals surface area contributed by atoms with E-state index in [2.05, 4.69) is 0 Å². The fraction of sp³-hybridized carbons (Fsp3) is 0.200. The lowest BCUT2D eigenvalue weighted by molar-refractivity contribution is 0.300. The zero-order valence-electron chi connectivity index (χ0n) is 10.6. The minimum atomic E-state index is -0.361. The van der Waals surface area contributed by atoms with Crippen LogP contribution in [0.3, 0.4) is 0 Å². The van der Waals surface area contributed by atoms with E-state index in [-0.39, 0.29) is 18.5 Å². The van der Waals surface area contributed by atoms with E-state index >= 15 is 0 Å². The molecule has 0 fully saturated rings. The van der Waals surface area contributed by atoms with E-state index in [0.717, 1.165) is 5.56 Å². The van der Waals surface area contributed by atoms with Crippen molar-refractivity contribution in [3.05, 3.63) is 64.4 Å². The number of ether oxygens (including phenoxy) is 1. The number of halogens is 2. The van der Waals surface area contributed by atoms with Crippen LogP contribution < -0.4 is 10.5 Å². The second-order valence-corrected chi connectivity index (χ2v) is 4.82. The van der Waals surface area contributed by atoms with E-state index in [1.807, 2.05) is 31.2 Å². The third-order valence-corrected chi connectivity index (χ3v) is 3.05. The Kier molecular flexibility index (Phi) is 4.40. The highest BCUT2D eigenvalue weighted by atomic mass is 35.5. The van der Waals surface area contributed by atoms with Crippen LogP contribution >= 0.6 is 11.6 Å². The summed E-state index contributed by atoms with van der Waals surface area (Å²) in [5.41, 5.74) is 7.27. The van der Waals surface area contributed by atoms with E-state index < -0.39 is 0 Å². The highest BCUT2D eigenvalue weighted by molar-refractivity contribution is 6.30. The van der Waals surface area contributed by atoms with Gasteiger partial charge in [0.2, 0.25) is 0 Å². The normalized spacial score (nSPS) is 12.2. The number of hydrogen-bond donors (Lipinski definition) is 1. The first-order valence-electron chi connectivity index (χ1n) is 5.98. The number of rotatable bonds is 4. The molecule has 0 amide bonds. The van der Waals surface area contributed by atoms with Crippen molar-refractivity contribution in [3.63, 3.8) is 0 Å². The Morgan fingerprint density at radius 2 is 1.89 bits per heavy atom. The maximum atomic E-state index is 13.5. The highest BCUT2D eigenvalue weighted by Crippen LogP contribution is 2.19. The molecular formula is C15H15ClFNO. The van der Waals surface area contributed by atoms with Crippen LogP contribution in [0.2, 0.25) is 5.02 Å². The molecule has 0 saturated heterocycles. The minimum Gasteiger partial charge on any atom is -0.489 e. The molecule has 2 rings (SSSR count). The van der Waals surface area contributed by atoms with Crippen LogP contribution in [0.15, 0.2) is 42.5 Å². The second-order valence-electron chi connectivity index (χ2n) is 4.38. The lowest BCUT2D eigenvalue weighted by Crippen LogP contribution is -2.04. The fourth-order valence-corrected chi connectivity index (χ4v) is 1.83. The van der Waals surface area contributed by atoms with Gasteiger partial charge in [0.05, 0.1) is 0 Å². The Hall–Kier alpha value is -1.58. The van der Waals surface area contributed by atoms with Crippen LogP contribution in [0.5, 0.6) is 5.75 Å². The Morgan fingerprint density at radius 1 is 1.21 bits per heavy atom. The topological polar surface area (TPSA) is 35.2 Å². The second kappa shape index (κ2) is 6.04. The molecule has 100 valence electrons. The largest absolute Gasteiger partial charge is 0.489 e.